The zero-order valence-corrected chi connectivity index (χ0v) is 19.4. The van der Waals surface area contributed by atoms with Crippen LogP contribution in [0.15, 0.2) is 11.1 Å². The van der Waals surface area contributed by atoms with Crippen LogP contribution in [-0.2, 0) is 30.9 Å². The lowest BCUT2D eigenvalue weighted by Gasteiger charge is -2.25. The zero-order valence-electron chi connectivity index (χ0n) is 17.1. The molecule has 9 nitrogen and oxygen atoms in total. The van der Waals surface area contributed by atoms with E-state index in [1.165, 1.54) is 5.69 Å². The van der Waals surface area contributed by atoms with Crippen LogP contribution in [0.5, 0.6) is 0 Å². The van der Waals surface area contributed by atoms with Gasteiger partial charge in [-0.05, 0) is 32.8 Å². The number of nitrogens with one attached hydrogen (secondary N) is 2. The van der Waals surface area contributed by atoms with Crippen LogP contribution in [0, 0.1) is 13.8 Å². The number of fused-ring (bicyclic) bond motifs is 1. The Morgan fingerprint density at radius 2 is 2.18 bits per heavy atom. The van der Waals surface area contributed by atoms with Crippen molar-refractivity contribution in [1.29, 1.82) is 0 Å². The van der Waals surface area contributed by atoms with Crippen molar-refractivity contribution in [3.05, 3.63) is 29.1 Å². The lowest BCUT2D eigenvalue weighted by Crippen LogP contribution is -2.47. The summed E-state index contributed by atoms with van der Waals surface area (Å²) in [5, 5.41) is 15.9. The first-order chi connectivity index (χ1) is 13.1. The number of ether oxygens (including phenoxy) is 1. The fraction of sp³-hybridized carbons (Fsp3) is 0.667. The van der Waals surface area contributed by atoms with Gasteiger partial charge in [0.05, 0.1) is 12.2 Å². The highest BCUT2D eigenvalue weighted by atomic mass is 127. The topological polar surface area (TPSA) is 94.2 Å². The molecular formula is C18H31IN8O. The summed E-state index contributed by atoms with van der Waals surface area (Å²) in [6.45, 7) is 7.11. The van der Waals surface area contributed by atoms with Crippen LogP contribution in [-0.4, -0.2) is 57.2 Å². The lowest BCUT2D eigenvalue weighted by atomic mass is 10.1. The normalized spacial score (nSPS) is 16.4. The Bertz CT molecular complexity index is 785. The highest BCUT2D eigenvalue weighted by molar-refractivity contribution is 14.0. The van der Waals surface area contributed by atoms with E-state index in [1.54, 1.807) is 14.2 Å². The largest absolute Gasteiger partial charge is 0.377 e. The van der Waals surface area contributed by atoms with Crippen LogP contribution in [0.2, 0.25) is 0 Å². The Balaban J connectivity index is 0.00000280. The average Bonchev–Trinajstić information content (AvgIpc) is 3.19. The quantitative estimate of drug-likeness (QED) is 0.258. The molecule has 156 valence electrons. The maximum absolute atomic E-state index is 5.12. The number of rotatable bonds is 7. The first kappa shape index (κ1) is 22.6. The number of guanidine groups is 1. The standard InChI is InChI=1S/C18H30N8O.HI/c1-13-10-14(2)25(23-13)9-5-8-20-18(19-3)21-15-6-7-17-22-16(12-27-4)24-26(17)11-15;/h10,15H,5-9,11-12H2,1-4H3,(H2,19,20,21);1H. The molecule has 0 spiro atoms. The van der Waals surface area contributed by atoms with Crippen molar-refractivity contribution < 1.29 is 4.74 Å². The van der Waals surface area contributed by atoms with Gasteiger partial charge in [0.1, 0.15) is 12.4 Å². The molecule has 0 saturated carbocycles. The summed E-state index contributed by atoms with van der Waals surface area (Å²) in [6, 6.07) is 2.39. The van der Waals surface area contributed by atoms with Gasteiger partial charge in [-0.15, -0.1) is 24.0 Å². The Morgan fingerprint density at radius 3 is 2.86 bits per heavy atom. The van der Waals surface area contributed by atoms with Crippen LogP contribution in [0.1, 0.15) is 35.9 Å². The number of hydrogen-bond donors (Lipinski definition) is 2. The smallest absolute Gasteiger partial charge is 0.191 e. The van der Waals surface area contributed by atoms with Crippen molar-refractivity contribution in [3.63, 3.8) is 0 Å². The summed E-state index contributed by atoms with van der Waals surface area (Å²) >= 11 is 0. The van der Waals surface area contributed by atoms with Gasteiger partial charge in [0.15, 0.2) is 11.8 Å². The molecule has 3 rings (SSSR count). The Hall–Kier alpha value is -1.69. The first-order valence-corrected chi connectivity index (χ1v) is 9.49. The maximum atomic E-state index is 5.12. The summed E-state index contributed by atoms with van der Waals surface area (Å²) in [6.07, 6.45) is 2.90. The second-order valence-electron chi connectivity index (χ2n) is 6.94. The molecule has 0 fully saturated rings. The average molecular weight is 502 g/mol. The molecule has 0 aliphatic carbocycles. The van der Waals surface area contributed by atoms with Crippen molar-refractivity contribution in [2.75, 3.05) is 20.7 Å². The van der Waals surface area contributed by atoms with Gasteiger partial charge in [0.2, 0.25) is 0 Å². The van der Waals surface area contributed by atoms with E-state index >= 15 is 0 Å². The van der Waals surface area contributed by atoms with Gasteiger partial charge in [-0.3, -0.25) is 9.67 Å². The number of halogens is 1. The fourth-order valence-electron chi connectivity index (χ4n) is 3.39. The van der Waals surface area contributed by atoms with Gasteiger partial charge in [-0.1, -0.05) is 0 Å². The predicted octanol–water partition coefficient (Wildman–Crippen LogP) is 1.43. The first-order valence-electron chi connectivity index (χ1n) is 9.49. The van der Waals surface area contributed by atoms with Crippen LogP contribution in [0.25, 0.3) is 0 Å². The van der Waals surface area contributed by atoms with Crippen molar-refractivity contribution in [2.24, 2.45) is 4.99 Å². The maximum Gasteiger partial charge on any atom is 0.191 e. The number of aliphatic imine (C=N–C) groups is 1. The molecule has 10 heteroatoms. The molecule has 0 bridgehead atoms. The monoisotopic (exact) mass is 502 g/mol. The van der Waals surface area contributed by atoms with E-state index in [2.05, 4.69) is 48.5 Å². The van der Waals surface area contributed by atoms with Crippen LogP contribution in [0.3, 0.4) is 0 Å². The molecule has 1 atom stereocenters. The molecule has 2 N–H and O–H groups in total. The minimum absolute atomic E-state index is 0. The summed E-state index contributed by atoms with van der Waals surface area (Å²) < 4.78 is 9.15. The van der Waals surface area contributed by atoms with E-state index in [9.17, 15) is 0 Å². The van der Waals surface area contributed by atoms with Gasteiger partial charge in [0.25, 0.3) is 0 Å². The minimum Gasteiger partial charge on any atom is -0.377 e. The lowest BCUT2D eigenvalue weighted by molar-refractivity contribution is 0.177. The van der Waals surface area contributed by atoms with E-state index in [0.717, 1.165) is 62.2 Å². The second-order valence-corrected chi connectivity index (χ2v) is 6.94. The summed E-state index contributed by atoms with van der Waals surface area (Å²) in [5.74, 6) is 2.61. The Morgan fingerprint density at radius 1 is 1.36 bits per heavy atom. The molecule has 0 amide bonds. The molecule has 1 aliphatic heterocycles. The molecule has 1 unspecified atom stereocenters. The van der Waals surface area contributed by atoms with E-state index < -0.39 is 0 Å². The van der Waals surface area contributed by atoms with Gasteiger partial charge in [0, 0.05) is 45.4 Å². The third-order valence-corrected chi connectivity index (χ3v) is 4.68. The Kier molecular flexibility index (Phi) is 8.67. The highest BCUT2D eigenvalue weighted by Gasteiger charge is 2.22. The molecule has 3 heterocycles. The van der Waals surface area contributed by atoms with Gasteiger partial charge < -0.3 is 15.4 Å². The van der Waals surface area contributed by atoms with Crippen molar-refractivity contribution in [2.45, 2.75) is 58.8 Å². The highest BCUT2D eigenvalue weighted by Crippen LogP contribution is 2.13. The van der Waals surface area contributed by atoms with Crippen LogP contribution < -0.4 is 10.6 Å². The minimum atomic E-state index is 0. The van der Waals surface area contributed by atoms with Crippen molar-refractivity contribution in [3.8, 4) is 0 Å². The molecule has 0 radical (unpaired) electrons. The molecular weight excluding hydrogens is 471 g/mol. The van der Waals surface area contributed by atoms with Crippen molar-refractivity contribution in [1.82, 2.24) is 35.2 Å². The molecule has 0 saturated heterocycles. The molecule has 28 heavy (non-hydrogen) atoms. The van der Waals surface area contributed by atoms with E-state index in [1.807, 2.05) is 11.6 Å². The number of aryl methyl sites for hydroxylation is 4. The van der Waals surface area contributed by atoms with Crippen LogP contribution >= 0.6 is 24.0 Å². The Labute approximate surface area is 183 Å². The third kappa shape index (κ3) is 5.90. The van der Waals surface area contributed by atoms with Gasteiger partial charge in [-0.25, -0.2) is 9.67 Å². The zero-order chi connectivity index (χ0) is 19.2. The number of hydrogen-bond acceptors (Lipinski definition) is 5. The van der Waals surface area contributed by atoms with E-state index in [0.29, 0.717) is 6.61 Å². The number of nitrogens with zero attached hydrogens (tertiary/aromatic N) is 6. The summed E-state index contributed by atoms with van der Waals surface area (Å²) in [5.41, 5.74) is 2.27. The van der Waals surface area contributed by atoms with Gasteiger partial charge in [-0.2, -0.15) is 10.2 Å². The van der Waals surface area contributed by atoms with Crippen molar-refractivity contribution >= 4 is 29.9 Å². The molecule has 2 aromatic rings. The number of methoxy groups -OCH3 is 1. The second kappa shape index (κ2) is 10.7. The summed E-state index contributed by atoms with van der Waals surface area (Å²) in [7, 11) is 3.46. The van der Waals surface area contributed by atoms with Crippen LogP contribution in [0.4, 0.5) is 0 Å². The SMILES string of the molecule is CN=C(NCCCn1nc(C)cc1C)NC1CCc2nc(COC)nn2C1.I. The molecule has 1 aliphatic rings. The third-order valence-electron chi connectivity index (χ3n) is 4.68. The van der Waals surface area contributed by atoms with Gasteiger partial charge >= 0.3 is 0 Å². The molecule has 0 aromatic carbocycles. The number of aromatic nitrogens is 5. The molecule has 2 aromatic heterocycles. The fourth-order valence-corrected chi connectivity index (χ4v) is 3.39. The predicted molar refractivity (Wildman–Crippen MR) is 119 cm³/mol. The van der Waals surface area contributed by atoms with E-state index in [4.69, 9.17) is 4.74 Å². The summed E-state index contributed by atoms with van der Waals surface area (Å²) in [4.78, 5) is 8.86. The van der Waals surface area contributed by atoms with E-state index in [-0.39, 0.29) is 30.0 Å².